The minimum Gasteiger partial charge on any atom is -0.352 e. The molecule has 0 saturated heterocycles. The summed E-state index contributed by atoms with van der Waals surface area (Å²) in [5.41, 5.74) is 2.10. The highest BCUT2D eigenvalue weighted by atomic mass is 16.2. The Morgan fingerprint density at radius 3 is 2.80 bits per heavy atom. The molecule has 132 valence electrons. The van der Waals surface area contributed by atoms with Gasteiger partial charge in [0.15, 0.2) is 0 Å². The first-order valence-corrected chi connectivity index (χ1v) is 9.93. The molecule has 0 spiro atoms. The Balaban J connectivity index is 1.32. The smallest absolute Gasteiger partial charge is 0.240 e. The van der Waals surface area contributed by atoms with Gasteiger partial charge in [-0.1, -0.05) is 18.6 Å². The Hall–Kier alpha value is -1.84. The average Bonchev–Trinajstić information content (AvgIpc) is 3.07. The highest BCUT2D eigenvalue weighted by Gasteiger charge is 2.42. The second-order valence-corrected chi connectivity index (χ2v) is 8.51. The minimum absolute atomic E-state index is 0.139. The van der Waals surface area contributed by atoms with Crippen LogP contribution in [0.3, 0.4) is 0 Å². The van der Waals surface area contributed by atoms with E-state index in [0.29, 0.717) is 24.4 Å². The van der Waals surface area contributed by atoms with Gasteiger partial charge in [-0.3, -0.25) is 4.79 Å². The first-order chi connectivity index (χ1) is 12.2. The summed E-state index contributed by atoms with van der Waals surface area (Å²) in [6.07, 6.45) is 7.89. The molecule has 1 heterocycles. The molecule has 3 aliphatic rings. The van der Waals surface area contributed by atoms with Crippen molar-refractivity contribution in [2.45, 2.75) is 64.0 Å². The molecule has 4 nitrogen and oxygen atoms in total. The fourth-order valence-electron chi connectivity index (χ4n) is 5.37. The van der Waals surface area contributed by atoms with E-state index in [0.717, 1.165) is 28.7 Å². The lowest BCUT2D eigenvalue weighted by Gasteiger charge is -2.28. The molecule has 4 atom stereocenters. The lowest BCUT2D eigenvalue weighted by Crippen LogP contribution is -2.41. The maximum absolute atomic E-state index is 12.8. The molecule has 1 N–H and O–H groups in total. The number of hydrogen-bond acceptors (Lipinski definition) is 2. The van der Waals surface area contributed by atoms with Crippen LogP contribution in [0.5, 0.6) is 0 Å². The van der Waals surface area contributed by atoms with Gasteiger partial charge in [-0.2, -0.15) is 0 Å². The van der Waals surface area contributed by atoms with Crippen LogP contribution in [0.25, 0.3) is 11.0 Å². The highest BCUT2D eigenvalue weighted by Crippen LogP contribution is 2.49. The van der Waals surface area contributed by atoms with E-state index in [4.69, 9.17) is 4.98 Å². The summed E-state index contributed by atoms with van der Waals surface area (Å²) in [5.74, 6) is 4.24. The summed E-state index contributed by atoms with van der Waals surface area (Å²) in [6.45, 7) is 2.61. The van der Waals surface area contributed by atoms with E-state index in [1.54, 1.807) is 0 Å². The van der Waals surface area contributed by atoms with Gasteiger partial charge in [0, 0.05) is 12.0 Å². The molecule has 0 radical (unpaired) electrons. The van der Waals surface area contributed by atoms with Crippen molar-refractivity contribution in [3.63, 3.8) is 0 Å². The van der Waals surface area contributed by atoms with Gasteiger partial charge in [0.1, 0.15) is 12.4 Å². The van der Waals surface area contributed by atoms with Crippen molar-refractivity contribution in [3.05, 3.63) is 30.1 Å². The van der Waals surface area contributed by atoms with Gasteiger partial charge in [0.25, 0.3) is 0 Å². The number of nitrogens with one attached hydrogen (secondary N) is 1. The third-order valence-corrected chi connectivity index (χ3v) is 6.75. The summed E-state index contributed by atoms with van der Waals surface area (Å²) in [5, 5.41) is 3.31. The second kappa shape index (κ2) is 5.86. The molecular formula is C21H27N3O. The Labute approximate surface area is 149 Å². The number of carbonyl (C=O) groups is 1. The molecule has 3 aliphatic carbocycles. The predicted molar refractivity (Wildman–Crippen MR) is 98.3 cm³/mol. The molecule has 3 fully saturated rings. The van der Waals surface area contributed by atoms with Crippen LogP contribution in [0.2, 0.25) is 0 Å². The predicted octanol–water partition coefficient (Wildman–Crippen LogP) is 3.85. The SMILES string of the molecule is CC(NC(=O)Cn1c(C2CC2)nc2ccccc21)C1CC2CCC1C2. The fraction of sp³-hybridized carbons (Fsp3) is 0.619. The van der Waals surface area contributed by atoms with Crippen molar-refractivity contribution in [2.24, 2.45) is 17.8 Å². The number of hydrogen-bond donors (Lipinski definition) is 1. The standard InChI is InChI=1S/C21H27N3O/c1-13(17-11-14-6-7-16(17)10-14)22-20(25)12-24-19-5-3-2-4-18(19)23-21(24)15-8-9-15/h2-5,13-17H,6-12H2,1H3,(H,22,25). The zero-order valence-corrected chi connectivity index (χ0v) is 14.9. The fourth-order valence-corrected chi connectivity index (χ4v) is 5.37. The summed E-state index contributed by atoms with van der Waals surface area (Å²) in [4.78, 5) is 17.6. The van der Waals surface area contributed by atoms with Gasteiger partial charge in [-0.05, 0) is 68.9 Å². The van der Waals surface area contributed by atoms with Gasteiger partial charge < -0.3 is 9.88 Å². The Kier molecular flexibility index (Phi) is 3.61. The van der Waals surface area contributed by atoms with Crippen LogP contribution in [0.1, 0.15) is 57.2 Å². The number of fused-ring (bicyclic) bond motifs is 3. The van der Waals surface area contributed by atoms with Gasteiger partial charge in [0.05, 0.1) is 11.0 Å². The summed E-state index contributed by atoms with van der Waals surface area (Å²) in [6, 6.07) is 8.48. The third kappa shape index (κ3) is 2.76. The third-order valence-electron chi connectivity index (χ3n) is 6.75. The molecule has 1 aromatic carbocycles. The first-order valence-electron chi connectivity index (χ1n) is 9.93. The highest BCUT2D eigenvalue weighted by molar-refractivity contribution is 5.81. The maximum atomic E-state index is 12.8. The lowest BCUT2D eigenvalue weighted by atomic mass is 9.84. The molecule has 2 bridgehead atoms. The van der Waals surface area contributed by atoms with Crippen LogP contribution >= 0.6 is 0 Å². The number of carbonyl (C=O) groups excluding carboxylic acids is 1. The van der Waals surface area contributed by atoms with Crippen LogP contribution in [0, 0.1) is 17.8 Å². The van der Waals surface area contributed by atoms with Crippen LogP contribution in [0.4, 0.5) is 0 Å². The molecule has 4 heteroatoms. The van der Waals surface area contributed by atoms with Gasteiger partial charge in [-0.15, -0.1) is 0 Å². The van der Waals surface area contributed by atoms with E-state index < -0.39 is 0 Å². The summed E-state index contributed by atoms with van der Waals surface area (Å²) < 4.78 is 2.15. The van der Waals surface area contributed by atoms with Crippen LogP contribution in [-0.4, -0.2) is 21.5 Å². The van der Waals surface area contributed by atoms with Crippen molar-refractivity contribution in [3.8, 4) is 0 Å². The molecular weight excluding hydrogens is 310 g/mol. The van der Waals surface area contributed by atoms with E-state index in [1.165, 1.54) is 38.5 Å². The van der Waals surface area contributed by atoms with Crippen molar-refractivity contribution in [1.29, 1.82) is 0 Å². The molecule has 0 aliphatic heterocycles. The van der Waals surface area contributed by atoms with Gasteiger partial charge in [0.2, 0.25) is 5.91 Å². The first kappa shape index (κ1) is 15.4. The zero-order valence-electron chi connectivity index (χ0n) is 14.9. The summed E-state index contributed by atoms with van der Waals surface area (Å²) in [7, 11) is 0. The molecule has 1 aromatic heterocycles. The van der Waals surface area contributed by atoms with Crippen LogP contribution in [-0.2, 0) is 11.3 Å². The molecule has 3 saturated carbocycles. The number of para-hydroxylation sites is 2. The van der Waals surface area contributed by atoms with E-state index in [2.05, 4.69) is 22.9 Å². The summed E-state index contributed by atoms with van der Waals surface area (Å²) >= 11 is 0. The molecule has 5 rings (SSSR count). The molecule has 1 amide bonds. The monoisotopic (exact) mass is 337 g/mol. The minimum atomic E-state index is 0.139. The average molecular weight is 337 g/mol. The Morgan fingerprint density at radius 1 is 1.24 bits per heavy atom. The number of imidazole rings is 1. The molecule has 25 heavy (non-hydrogen) atoms. The topological polar surface area (TPSA) is 46.9 Å². The number of rotatable bonds is 5. The van der Waals surface area contributed by atoms with E-state index in [-0.39, 0.29) is 5.91 Å². The van der Waals surface area contributed by atoms with Crippen LogP contribution in [0.15, 0.2) is 24.3 Å². The maximum Gasteiger partial charge on any atom is 0.240 e. The Morgan fingerprint density at radius 2 is 2.08 bits per heavy atom. The van der Waals surface area contributed by atoms with Crippen molar-refractivity contribution >= 4 is 16.9 Å². The Bertz CT molecular complexity index is 807. The van der Waals surface area contributed by atoms with Crippen molar-refractivity contribution in [1.82, 2.24) is 14.9 Å². The molecule has 2 aromatic rings. The van der Waals surface area contributed by atoms with Gasteiger partial charge >= 0.3 is 0 Å². The number of benzene rings is 1. The normalized spacial score (nSPS) is 29.2. The lowest BCUT2D eigenvalue weighted by molar-refractivity contribution is -0.122. The number of nitrogens with zero attached hydrogens (tertiary/aromatic N) is 2. The second-order valence-electron chi connectivity index (χ2n) is 8.51. The number of amides is 1. The van der Waals surface area contributed by atoms with Crippen molar-refractivity contribution < 1.29 is 4.79 Å². The van der Waals surface area contributed by atoms with E-state index in [1.807, 2.05) is 18.2 Å². The van der Waals surface area contributed by atoms with Crippen LogP contribution < -0.4 is 5.32 Å². The van der Waals surface area contributed by atoms with E-state index in [9.17, 15) is 4.79 Å². The largest absolute Gasteiger partial charge is 0.352 e. The number of aromatic nitrogens is 2. The van der Waals surface area contributed by atoms with Crippen molar-refractivity contribution in [2.75, 3.05) is 0 Å². The quantitative estimate of drug-likeness (QED) is 0.901. The molecule has 4 unspecified atom stereocenters. The van der Waals surface area contributed by atoms with E-state index >= 15 is 0 Å². The van der Waals surface area contributed by atoms with Gasteiger partial charge in [-0.25, -0.2) is 4.98 Å². The zero-order chi connectivity index (χ0) is 17.0.